The van der Waals surface area contributed by atoms with E-state index in [0.29, 0.717) is 5.92 Å². The fourth-order valence-corrected chi connectivity index (χ4v) is 4.33. The van der Waals surface area contributed by atoms with Crippen molar-refractivity contribution in [3.63, 3.8) is 0 Å². The Hall–Kier alpha value is -1.02. The first-order valence-electron chi connectivity index (χ1n) is 9.75. The van der Waals surface area contributed by atoms with Gasteiger partial charge in [-0.25, -0.2) is 0 Å². The van der Waals surface area contributed by atoms with Crippen molar-refractivity contribution in [3.05, 3.63) is 35.1 Å². The third kappa shape index (κ3) is 3.42. The van der Waals surface area contributed by atoms with Crippen LogP contribution in [0.5, 0.6) is 0 Å². The molecule has 4 rings (SSSR count). The van der Waals surface area contributed by atoms with Crippen molar-refractivity contribution in [2.24, 2.45) is 23.5 Å². The molecule has 4 aliphatic rings. The molecule has 23 heavy (non-hydrogen) atoms. The van der Waals surface area contributed by atoms with E-state index >= 15 is 0 Å². The van der Waals surface area contributed by atoms with Crippen LogP contribution in [0.1, 0.15) is 64.7 Å². The number of rotatable bonds is 6. The maximum Gasteiger partial charge on any atom is 0.103 e. The minimum atomic E-state index is -0.0709. The van der Waals surface area contributed by atoms with Gasteiger partial charge in [-0.05, 0) is 68.1 Å². The van der Waals surface area contributed by atoms with E-state index in [1.54, 1.807) is 5.57 Å². The molecule has 0 heterocycles. The lowest BCUT2D eigenvalue weighted by Crippen LogP contribution is -2.24. The van der Waals surface area contributed by atoms with Crippen molar-refractivity contribution < 1.29 is 4.74 Å². The van der Waals surface area contributed by atoms with Crippen molar-refractivity contribution in [1.29, 1.82) is 0 Å². The molecule has 1 unspecified atom stereocenters. The summed E-state index contributed by atoms with van der Waals surface area (Å²) in [4.78, 5) is 0. The Bertz CT molecular complexity index is 542. The van der Waals surface area contributed by atoms with Crippen LogP contribution in [0, 0.1) is 17.8 Å². The van der Waals surface area contributed by atoms with Crippen LogP contribution in [0.2, 0.25) is 0 Å². The lowest BCUT2D eigenvalue weighted by atomic mass is 9.90. The summed E-state index contributed by atoms with van der Waals surface area (Å²) >= 11 is 0. The fraction of sp³-hybridized carbons (Fsp3) is 0.714. The van der Waals surface area contributed by atoms with Crippen molar-refractivity contribution in [3.8, 4) is 0 Å². The van der Waals surface area contributed by atoms with Gasteiger partial charge >= 0.3 is 0 Å². The Morgan fingerprint density at radius 3 is 2.48 bits per heavy atom. The molecule has 2 heteroatoms. The summed E-state index contributed by atoms with van der Waals surface area (Å²) in [6, 6.07) is 0. The highest BCUT2D eigenvalue weighted by atomic mass is 16.5. The minimum Gasteiger partial charge on any atom is -0.498 e. The number of nitrogens with two attached hydrogens (primary N) is 1. The van der Waals surface area contributed by atoms with Crippen LogP contribution in [0.4, 0.5) is 0 Å². The lowest BCUT2D eigenvalue weighted by Gasteiger charge is -2.21. The summed E-state index contributed by atoms with van der Waals surface area (Å²) in [6.07, 6.45) is 19.1. The molecule has 0 amide bonds. The number of allylic oxidation sites excluding steroid dienone is 3. The van der Waals surface area contributed by atoms with E-state index in [9.17, 15) is 0 Å². The second-order valence-electron chi connectivity index (χ2n) is 8.17. The summed E-state index contributed by atoms with van der Waals surface area (Å²) in [5, 5.41) is 0. The fourth-order valence-electron chi connectivity index (χ4n) is 4.33. The molecule has 3 saturated carbocycles. The number of hydrogen-bond donors (Lipinski definition) is 1. The predicted octanol–water partition coefficient (Wildman–Crippen LogP) is 4.87. The Kier molecular flexibility index (Phi) is 4.13. The molecule has 0 aromatic rings. The third-order valence-electron chi connectivity index (χ3n) is 6.16. The monoisotopic (exact) mass is 313 g/mol. The highest BCUT2D eigenvalue weighted by Gasteiger charge is 2.43. The van der Waals surface area contributed by atoms with Gasteiger partial charge in [0.05, 0.1) is 6.61 Å². The molecule has 4 aliphatic carbocycles. The first-order chi connectivity index (χ1) is 11.2. The van der Waals surface area contributed by atoms with Crippen molar-refractivity contribution in [2.45, 2.75) is 70.3 Å². The van der Waals surface area contributed by atoms with Gasteiger partial charge < -0.3 is 10.5 Å². The van der Waals surface area contributed by atoms with Crippen LogP contribution in [0.3, 0.4) is 0 Å². The van der Waals surface area contributed by atoms with E-state index in [0.717, 1.165) is 31.3 Å². The Morgan fingerprint density at radius 1 is 1.13 bits per heavy atom. The second-order valence-corrected chi connectivity index (χ2v) is 8.17. The summed E-state index contributed by atoms with van der Waals surface area (Å²) in [6.45, 7) is 2.85. The maximum atomic E-state index is 6.55. The van der Waals surface area contributed by atoms with E-state index in [1.165, 1.54) is 56.3 Å². The maximum absolute atomic E-state index is 6.55. The molecule has 0 aromatic carbocycles. The average Bonchev–Trinajstić information content (AvgIpc) is 3.44. The SMILES string of the molecule is CCOC1=CC(C2(N)CC2)=CC(C2CC2)=CC1CC1CCCC1. The molecule has 0 spiro atoms. The molecule has 2 nitrogen and oxygen atoms in total. The van der Waals surface area contributed by atoms with Crippen molar-refractivity contribution in [1.82, 2.24) is 0 Å². The highest BCUT2D eigenvalue weighted by molar-refractivity contribution is 5.47. The van der Waals surface area contributed by atoms with Gasteiger partial charge in [0.15, 0.2) is 0 Å². The van der Waals surface area contributed by atoms with Gasteiger partial charge in [0.1, 0.15) is 5.76 Å². The lowest BCUT2D eigenvalue weighted by molar-refractivity contribution is 0.192. The first kappa shape index (κ1) is 15.5. The van der Waals surface area contributed by atoms with Gasteiger partial charge in [0.2, 0.25) is 0 Å². The molecule has 126 valence electrons. The van der Waals surface area contributed by atoms with Gasteiger partial charge in [0.25, 0.3) is 0 Å². The summed E-state index contributed by atoms with van der Waals surface area (Å²) in [5.41, 5.74) is 9.35. The normalized spacial score (nSPS) is 30.3. The van der Waals surface area contributed by atoms with Gasteiger partial charge in [-0.15, -0.1) is 0 Å². The Labute approximate surface area is 140 Å². The smallest absolute Gasteiger partial charge is 0.103 e. The van der Waals surface area contributed by atoms with Crippen molar-refractivity contribution >= 4 is 0 Å². The quantitative estimate of drug-likeness (QED) is 0.759. The molecule has 1 atom stereocenters. The van der Waals surface area contributed by atoms with E-state index in [2.05, 4.69) is 25.2 Å². The largest absolute Gasteiger partial charge is 0.498 e. The van der Waals surface area contributed by atoms with Gasteiger partial charge in [-0.1, -0.05) is 37.8 Å². The molecular weight excluding hydrogens is 282 g/mol. The van der Waals surface area contributed by atoms with E-state index < -0.39 is 0 Å². The van der Waals surface area contributed by atoms with Crippen LogP contribution in [-0.2, 0) is 4.74 Å². The van der Waals surface area contributed by atoms with Crippen LogP contribution in [0.15, 0.2) is 35.1 Å². The molecular formula is C21H31NO. The van der Waals surface area contributed by atoms with Gasteiger partial charge in [-0.2, -0.15) is 0 Å². The number of ether oxygens (including phenoxy) is 1. The summed E-state index contributed by atoms with van der Waals surface area (Å²) in [7, 11) is 0. The molecule has 0 aliphatic heterocycles. The third-order valence-corrected chi connectivity index (χ3v) is 6.16. The summed E-state index contributed by atoms with van der Waals surface area (Å²) in [5.74, 6) is 3.31. The van der Waals surface area contributed by atoms with Gasteiger partial charge in [-0.3, -0.25) is 0 Å². The predicted molar refractivity (Wildman–Crippen MR) is 94.8 cm³/mol. The van der Waals surface area contributed by atoms with Crippen LogP contribution < -0.4 is 5.73 Å². The van der Waals surface area contributed by atoms with Crippen LogP contribution in [0.25, 0.3) is 0 Å². The zero-order valence-electron chi connectivity index (χ0n) is 14.5. The molecule has 0 bridgehead atoms. The Morgan fingerprint density at radius 2 is 1.87 bits per heavy atom. The molecule has 0 radical (unpaired) electrons. The zero-order valence-corrected chi connectivity index (χ0v) is 14.5. The van der Waals surface area contributed by atoms with Crippen LogP contribution >= 0.6 is 0 Å². The standard InChI is InChI=1S/C21H31NO/c1-2-23-20-14-19(21(22)9-10-21)13-17(16-7-8-16)12-18(20)11-15-5-3-4-6-15/h12-16,18H,2-11,22H2,1H3. The van der Waals surface area contributed by atoms with Crippen molar-refractivity contribution in [2.75, 3.05) is 6.61 Å². The van der Waals surface area contributed by atoms with E-state index in [4.69, 9.17) is 10.5 Å². The first-order valence-corrected chi connectivity index (χ1v) is 9.75. The molecule has 2 N–H and O–H groups in total. The second kappa shape index (κ2) is 6.12. The minimum absolute atomic E-state index is 0.0709. The molecule has 3 fully saturated rings. The summed E-state index contributed by atoms with van der Waals surface area (Å²) < 4.78 is 6.11. The van der Waals surface area contributed by atoms with E-state index in [-0.39, 0.29) is 5.54 Å². The molecule has 0 aromatic heterocycles. The van der Waals surface area contributed by atoms with Gasteiger partial charge in [0, 0.05) is 11.5 Å². The average molecular weight is 313 g/mol. The van der Waals surface area contributed by atoms with E-state index in [1.807, 2.05) is 0 Å². The molecule has 0 saturated heterocycles. The zero-order chi connectivity index (χ0) is 15.9. The number of hydrogen-bond acceptors (Lipinski definition) is 2. The topological polar surface area (TPSA) is 35.2 Å². The highest BCUT2D eigenvalue weighted by Crippen LogP contribution is 2.47. The Balaban J connectivity index is 1.63. The van der Waals surface area contributed by atoms with Crippen LogP contribution in [-0.4, -0.2) is 12.1 Å².